The Morgan fingerprint density at radius 2 is 2.20 bits per heavy atom. The molecule has 0 atom stereocenters. The van der Waals surface area contributed by atoms with Crippen molar-refractivity contribution in [3.8, 4) is 0 Å². The largest absolute Gasteiger partial charge is 0.478 e. The van der Waals surface area contributed by atoms with Gasteiger partial charge in [-0.15, -0.1) is 0 Å². The fourth-order valence-electron chi connectivity index (χ4n) is 1.84. The number of carboxylic acid groups (broad SMARTS) is 1. The van der Waals surface area contributed by atoms with Crippen molar-refractivity contribution < 1.29 is 14.3 Å². The molecule has 15 heavy (non-hydrogen) atoms. The summed E-state index contributed by atoms with van der Waals surface area (Å²) in [6, 6.07) is 2.87. The molecule has 0 bridgehead atoms. The summed E-state index contributed by atoms with van der Waals surface area (Å²) >= 11 is 5.72. The van der Waals surface area contributed by atoms with Gasteiger partial charge in [-0.3, -0.25) is 0 Å². The third kappa shape index (κ3) is 1.88. The molecule has 1 aromatic rings. The van der Waals surface area contributed by atoms with Crippen molar-refractivity contribution in [1.82, 2.24) is 0 Å². The summed E-state index contributed by atoms with van der Waals surface area (Å²) in [5.74, 6) is -1.37. The molecule has 1 aliphatic carbocycles. The number of hydrogen-bond acceptors (Lipinski definition) is 1. The summed E-state index contributed by atoms with van der Waals surface area (Å²) in [5.41, 5.74) is 1.83. The smallest absolute Gasteiger partial charge is 0.328 e. The standard InChI is InChI=1S/C11H8ClFO2/c12-7-4-9-6(3-11(14)15)1-2-8(9)10(13)5-7/h3-5H,1-2H2,(H,14,15)/b6-3+. The van der Waals surface area contributed by atoms with Crippen molar-refractivity contribution in [2.45, 2.75) is 12.8 Å². The van der Waals surface area contributed by atoms with Crippen LogP contribution in [0.2, 0.25) is 5.02 Å². The monoisotopic (exact) mass is 226 g/mol. The van der Waals surface area contributed by atoms with Crippen LogP contribution in [-0.4, -0.2) is 11.1 Å². The zero-order chi connectivity index (χ0) is 11.0. The van der Waals surface area contributed by atoms with Gasteiger partial charge in [-0.1, -0.05) is 11.6 Å². The van der Waals surface area contributed by atoms with Gasteiger partial charge in [0.1, 0.15) is 5.82 Å². The number of benzene rings is 1. The number of fused-ring (bicyclic) bond motifs is 1. The Balaban J connectivity index is 2.55. The molecular weight excluding hydrogens is 219 g/mol. The first-order valence-electron chi connectivity index (χ1n) is 4.49. The summed E-state index contributed by atoms with van der Waals surface area (Å²) in [7, 11) is 0. The Bertz CT molecular complexity index is 466. The Kier molecular flexibility index (Phi) is 2.49. The van der Waals surface area contributed by atoms with Crippen molar-refractivity contribution in [2.24, 2.45) is 0 Å². The molecule has 1 N–H and O–H groups in total. The minimum Gasteiger partial charge on any atom is -0.478 e. The zero-order valence-electron chi connectivity index (χ0n) is 7.76. The fraction of sp³-hybridized carbons (Fsp3) is 0.182. The molecule has 0 heterocycles. The van der Waals surface area contributed by atoms with Crippen LogP contribution < -0.4 is 0 Å². The maximum absolute atomic E-state index is 13.4. The molecule has 1 aliphatic rings. The molecule has 2 nitrogen and oxygen atoms in total. The van der Waals surface area contributed by atoms with Crippen LogP contribution in [-0.2, 0) is 11.2 Å². The second kappa shape index (κ2) is 3.66. The zero-order valence-corrected chi connectivity index (χ0v) is 8.51. The van der Waals surface area contributed by atoms with E-state index < -0.39 is 5.97 Å². The maximum Gasteiger partial charge on any atom is 0.328 e. The second-order valence-corrected chi connectivity index (χ2v) is 3.86. The van der Waals surface area contributed by atoms with Crippen LogP contribution in [0.1, 0.15) is 17.5 Å². The summed E-state index contributed by atoms with van der Waals surface area (Å²) in [6.07, 6.45) is 2.21. The lowest BCUT2D eigenvalue weighted by molar-refractivity contribution is -0.131. The van der Waals surface area contributed by atoms with Crippen molar-refractivity contribution in [3.05, 3.63) is 40.2 Å². The van der Waals surface area contributed by atoms with E-state index in [1.807, 2.05) is 0 Å². The van der Waals surface area contributed by atoms with E-state index in [1.54, 1.807) is 6.07 Å². The lowest BCUT2D eigenvalue weighted by Crippen LogP contribution is -1.91. The van der Waals surface area contributed by atoms with Gasteiger partial charge in [0, 0.05) is 11.1 Å². The van der Waals surface area contributed by atoms with Crippen LogP contribution in [0.5, 0.6) is 0 Å². The van der Waals surface area contributed by atoms with Crippen LogP contribution in [0.3, 0.4) is 0 Å². The molecule has 1 aromatic carbocycles. The van der Waals surface area contributed by atoms with E-state index in [0.717, 1.165) is 6.08 Å². The maximum atomic E-state index is 13.4. The molecule has 0 spiro atoms. The Morgan fingerprint density at radius 3 is 2.87 bits per heavy atom. The fourth-order valence-corrected chi connectivity index (χ4v) is 2.04. The van der Waals surface area contributed by atoms with Gasteiger partial charge in [-0.25, -0.2) is 9.18 Å². The number of rotatable bonds is 1. The van der Waals surface area contributed by atoms with E-state index in [1.165, 1.54) is 6.07 Å². The van der Waals surface area contributed by atoms with Gasteiger partial charge >= 0.3 is 5.97 Å². The molecule has 2 rings (SSSR count). The van der Waals surface area contributed by atoms with E-state index in [2.05, 4.69) is 0 Å². The molecule has 0 saturated heterocycles. The van der Waals surface area contributed by atoms with Gasteiger partial charge < -0.3 is 5.11 Å². The summed E-state index contributed by atoms with van der Waals surface area (Å²) < 4.78 is 13.4. The number of allylic oxidation sites excluding steroid dienone is 1. The van der Waals surface area contributed by atoms with E-state index in [9.17, 15) is 9.18 Å². The highest BCUT2D eigenvalue weighted by Crippen LogP contribution is 2.35. The SMILES string of the molecule is O=C(O)/C=C1\CCc2c(F)cc(Cl)cc21. The number of halogens is 2. The number of carboxylic acids is 1. The molecule has 0 radical (unpaired) electrons. The van der Waals surface area contributed by atoms with E-state index >= 15 is 0 Å². The van der Waals surface area contributed by atoms with E-state index in [0.29, 0.717) is 34.6 Å². The van der Waals surface area contributed by atoms with Gasteiger partial charge in [0.2, 0.25) is 0 Å². The number of carbonyl (C=O) groups is 1. The first-order chi connectivity index (χ1) is 7.08. The van der Waals surface area contributed by atoms with Crippen LogP contribution in [0, 0.1) is 5.82 Å². The van der Waals surface area contributed by atoms with Gasteiger partial charge in [0.05, 0.1) is 0 Å². The first kappa shape index (κ1) is 10.2. The molecule has 0 amide bonds. The topological polar surface area (TPSA) is 37.3 Å². The lowest BCUT2D eigenvalue weighted by Gasteiger charge is -2.02. The molecule has 0 aliphatic heterocycles. The van der Waals surface area contributed by atoms with Crippen LogP contribution >= 0.6 is 11.6 Å². The highest BCUT2D eigenvalue weighted by Gasteiger charge is 2.21. The van der Waals surface area contributed by atoms with E-state index in [4.69, 9.17) is 16.7 Å². The quantitative estimate of drug-likeness (QED) is 0.748. The molecule has 0 fully saturated rings. The summed E-state index contributed by atoms with van der Waals surface area (Å²) in [5, 5.41) is 8.93. The molecule has 4 heteroatoms. The molecule has 0 saturated carbocycles. The van der Waals surface area contributed by atoms with Crippen LogP contribution in [0.25, 0.3) is 5.57 Å². The van der Waals surface area contributed by atoms with E-state index in [-0.39, 0.29) is 5.82 Å². The van der Waals surface area contributed by atoms with Crippen molar-refractivity contribution in [2.75, 3.05) is 0 Å². The Labute approximate surface area is 91.0 Å². The second-order valence-electron chi connectivity index (χ2n) is 3.42. The minimum absolute atomic E-state index is 0.296. The highest BCUT2D eigenvalue weighted by molar-refractivity contribution is 6.30. The summed E-state index contributed by atoms with van der Waals surface area (Å²) in [6.45, 7) is 0. The van der Waals surface area contributed by atoms with Crippen LogP contribution in [0.15, 0.2) is 18.2 Å². The predicted molar refractivity (Wildman–Crippen MR) is 55.3 cm³/mol. The molecular formula is C11H8ClFO2. The number of aliphatic carboxylic acids is 1. The molecule has 78 valence electrons. The van der Waals surface area contributed by atoms with Crippen molar-refractivity contribution in [3.63, 3.8) is 0 Å². The molecule has 0 aromatic heterocycles. The first-order valence-corrected chi connectivity index (χ1v) is 4.87. The minimum atomic E-state index is -1.02. The van der Waals surface area contributed by atoms with Gasteiger partial charge in [-0.2, -0.15) is 0 Å². The van der Waals surface area contributed by atoms with Gasteiger partial charge in [0.15, 0.2) is 0 Å². The predicted octanol–water partition coefficient (Wildman–Crippen LogP) is 2.89. The Morgan fingerprint density at radius 1 is 1.47 bits per heavy atom. The summed E-state index contributed by atoms with van der Waals surface area (Å²) in [4.78, 5) is 10.5. The van der Waals surface area contributed by atoms with Gasteiger partial charge in [-0.05, 0) is 41.7 Å². The van der Waals surface area contributed by atoms with Crippen molar-refractivity contribution >= 4 is 23.1 Å². The van der Waals surface area contributed by atoms with Crippen molar-refractivity contribution in [1.29, 1.82) is 0 Å². The third-order valence-electron chi connectivity index (χ3n) is 2.45. The van der Waals surface area contributed by atoms with Crippen LogP contribution in [0.4, 0.5) is 4.39 Å². The Hall–Kier alpha value is -1.35. The highest BCUT2D eigenvalue weighted by atomic mass is 35.5. The third-order valence-corrected chi connectivity index (χ3v) is 2.67. The normalized spacial score (nSPS) is 16.8. The average Bonchev–Trinajstić information content (AvgIpc) is 2.48. The average molecular weight is 227 g/mol. The number of hydrogen-bond donors (Lipinski definition) is 1. The molecule has 0 unspecified atom stereocenters. The lowest BCUT2D eigenvalue weighted by atomic mass is 10.1. The van der Waals surface area contributed by atoms with Gasteiger partial charge in [0.25, 0.3) is 0 Å².